The van der Waals surface area contributed by atoms with Gasteiger partial charge in [0.1, 0.15) is 5.78 Å². The van der Waals surface area contributed by atoms with Gasteiger partial charge in [-0.1, -0.05) is 20.8 Å². The van der Waals surface area contributed by atoms with Crippen LogP contribution < -0.4 is 10.6 Å². The Bertz CT molecular complexity index is 445. The molecule has 1 aliphatic rings. The highest BCUT2D eigenvalue weighted by atomic mass is 16.5. The second kappa shape index (κ2) is 15.6. The molecule has 0 atom stereocenters. The first kappa shape index (κ1) is 25.5. The first-order valence-corrected chi connectivity index (χ1v) is 10.2. The topological polar surface area (TPSA) is 93.7 Å². The molecule has 2 amide bonds. The van der Waals surface area contributed by atoms with E-state index in [4.69, 9.17) is 9.47 Å². The van der Waals surface area contributed by atoms with Crippen molar-refractivity contribution in [2.75, 3.05) is 26.4 Å². The maximum absolute atomic E-state index is 11.7. The summed E-state index contributed by atoms with van der Waals surface area (Å²) < 4.78 is 10.6. The van der Waals surface area contributed by atoms with Gasteiger partial charge in [-0.3, -0.25) is 14.4 Å². The Hall–Kier alpha value is -1.47. The van der Waals surface area contributed by atoms with Gasteiger partial charge in [0.25, 0.3) is 0 Å². The number of Topliss-reactive ketones (excluding diaryl/α,β-unsaturated/α-hetero) is 1. The molecule has 0 unspecified atom stereocenters. The minimum atomic E-state index is -0.0665. The van der Waals surface area contributed by atoms with Crippen LogP contribution in [-0.4, -0.2) is 56.1 Å². The summed E-state index contributed by atoms with van der Waals surface area (Å²) in [6.45, 7) is 11.3. The second-order valence-corrected chi connectivity index (χ2v) is 6.63. The molecule has 1 rings (SSSR count). The number of hydrogen-bond donors (Lipinski definition) is 2. The number of carbonyl (C=O) groups excluding carboxylic acids is 3. The lowest BCUT2D eigenvalue weighted by Gasteiger charge is -2.34. The van der Waals surface area contributed by atoms with Crippen LogP contribution in [0.25, 0.3) is 0 Å². The Morgan fingerprint density at radius 2 is 1.67 bits per heavy atom. The molecule has 1 fully saturated rings. The molecule has 0 saturated heterocycles. The smallest absolute Gasteiger partial charge is 0.222 e. The summed E-state index contributed by atoms with van der Waals surface area (Å²) in [7, 11) is 0. The van der Waals surface area contributed by atoms with E-state index in [9.17, 15) is 14.4 Å². The number of ketones is 1. The van der Waals surface area contributed by atoms with Crippen molar-refractivity contribution in [3.8, 4) is 0 Å². The van der Waals surface area contributed by atoms with Crippen molar-refractivity contribution in [2.45, 2.75) is 78.9 Å². The molecule has 0 radical (unpaired) electrons. The van der Waals surface area contributed by atoms with Gasteiger partial charge in [0.15, 0.2) is 0 Å². The summed E-state index contributed by atoms with van der Waals surface area (Å²) in [6, 6.07) is 0.125. The van der Waals surface area contributed by atoms with Crippen LogP contribution in [0.1, 0.15) is 69.6 Å². The van der Waals surface area contributed by atoms with Crippen LogP contribution in [0.4, 0.5) is 0 Å². The molecule has 162 valence electrons. The van der Waals surface area contributed by atoms with Gasteiger partial charge in [0.05, 0.1) is 25.9 Å². The molecule has 7 nitrogen and oxygen atoms in total. The zero-order chi connectivity index (χ0) is 20.7. The summed E-state index contributed by atoms with van der Waals surface area (Å²) in [5.74, 6) is 0.290. The highest BCUT2D eigenvalue weighted by Gasteiger charge is 2.33. The van der Waals surface area contributed by atoms with Gasteiger partial charge in [-0.25, -0.2) is 0 Å². The van der Waals surface area contributed by atoms with Crippen molar-refractivity contribution in [1.82, 2.24) is 10.6 Å². The van der Waals surface area contributed by atoms with Gasteiger partial charge in [-0.05, 0) is 26.7 Å². The molecule has 27 heavy (non-hydrogen) atoms. The fraction of sp³-hybridized carbons (Fsp3) is 0.850. The first-order valence-electron chi connectivity index (χ1n) is 10.2. The number of nitrogens with one attached hydrogen (secondary N) is 2. The zero-order valence-corrected chi connectivity index (χ0v) is 17.6. The second-order valence-electron chi connectivity index (χ2n) is 6.63. The molecule has 0 spiro atoms. The fourth-order valence-corrected chi connectivity index (χ4v) is 2.59. The van der Waals surface area contributed by atoms with Crippen LogP contribution in [0.15, 0.2) is 0 Å². The van der Waals surface area contributed by atoms with Crippen LogP contribution in [0.3, 0.4) is 0 Å². The molecule has 7 heteroatoms. The molecule has 1 saturated carbocycles. The van der Waals surface area contributed by atoms with E-state index >= 15 is 0 Å². The Kier molecular flexibility index (Phi) is 14.7. The zero-order valence-electron chi connectivity index (χ0n) is 17.6. The van der Waals surface area contributed by atoms with Gasteiger partial charge in [-0.2, -0.15) is 0 Å². The van der Waals surface area contributed by atoms with Crippen LogP contribution in [-0.2, 0) is 23.9 Å². The third-order valence-electron chi connectivity index (χ3n) is 4.13. The van der Waals surface area contributed by atoms with Gasteiger partial charge >= 0.3 is 0 Å². The number of carbonyl (C=O) groups is 3. The predicted octanol–water partition coefficient (Wildman–Crippen LogP) is 2.72. The predicted molar refractivity (Wildman–Crippen MR) is 110 cm³/mol. The van der Waals surface area contributed by atoms with Crippen LogP contribution >= 0.6 is 0 Å². The van der Waals surface area contributed by atoms with Crippen molar-refractivity contribution in [3.63, 3.8) is 0 Å². The standard InChI is InChI=1S/C18H32N2O5.C2H6.2H2/c1-4-16(21)14-11-15(12-14)20-18(23)5-8-24-10-7-19-17(22)6-9-25-13(2)3;1-2;;/h13-15H,4-12H2,1-3H3,(H,19,22)(H,20,23);1-2H3;2*1H. The third-order valence-corrected chi connectivity index (χ3v) is 4.13. The molecule has 2 N–H and O–H groups in total. The molecular weight excluding hydrogens is 348 g/mol. The SMILES string of the molecule is CC.CCC(=O)C1CC(NC(=O)CCOCCNC(=O)CCOC(C)C)C1.[HH].[HH]. The summed E-state index contributed by atoms with van der Waals surface area (Å²) in [5.41, 5.74) is 0. The van der Waals surface area contributed by atoms with Crippen molar-refractivity contribution >= 4 is 17.6 Å². The van der Waals surface area contributed by atoms with E-state index in [1.165, 1.54) is 0 Å². The molecule has 0 aliphatic heterocycles. The van der Waals surface area contributed by atoms with E-state index in [0.717, 1.165) is 12.8 Å². The molecule has 0 aromatic heterocycles. The Morgan fingerprint density at radius 1 is 1.04 bits per heavy atom. The Labute approximate surface area is 166 Å². The van der Waals surface area contributed by atoms with Crippen molar-refractivity contribution in [1.29, 1.82) is 0 Å². The van der Waals surface area contributed by atoms with Gasteiger partial charge in [-0.15, -0.1) is 0 Å². The van der Waals surface area contributed by atoms with E-state index in [0.29, 0.717) is 45.6 Å². The minimum Gasteiger partial charge on any atom is -0.379 e. The lowest BCUT2D eigenvalue weighted by Crippen LogP contribution is -2.46. The third kappa shape index (κ3) is 12.5. The quantitative estimate of drug-likeness (QED) is 0.472. The van der Waals surface area contributed by atoms with E-state index in [1.54, 1.807) is 0 Å². The average molecular weight is 391 g/mol. The number of rotatable bonds is 13. The van der Waals surface area contributed by atoms with E-state index in [2.05, 4.69) is 10.6 Å². The first-order chi connectivity index (χ1) is 12.9. The number of hydrogen-bond acceptors (Lipinski definition) is 5. The largest absolute Gasteiger partial charge is 0.379 e. The highest BCUT2D eigenvalue weighted by Crippen LogP contribution is 2.29. The summed E-state index contributed by atoms with van der Waals surface area (Å²) in [4.78, 5) is 34.7. The number of ether oxygens (including phenoxy) is 2. The van der Waals surface area contributed by atoms with Crippen LogP contribution in [0.2, 0.25) is 0 Å². The maximum atomic E-state index is 11.7. The molecule has 1 aliphatic carbocycles. The monoisotopic (exact) mass is 390 g/mol. The molecular formula is C20H42N2O5. The van der Waals surface area contributed by atoms with Crippen LogP contribution in [0, 0.1) is 5.92 Å². The number of amides is 2. The van der Waals surface area contributed by atoms with Crippen LogP contribution in [0.5, 0.6) is 0 Å². The van der Waals surface area contributed by atoms with E-state index in [1.807, 2.05) is 34.6 Å². The Morgan fingerprint density at radius 3 is 2.26 bits per heavy atom. The highest BCUT2D eigenvalue weighted by molar-refractivity contribution is 5.82. The van der Waals surface area contributed by atoms with Crippen molar-refractivity contribution < 1.29 is 26.7 Å². The molecule has 0 aromatic rings. The summed E-state index contributed by atoms with van der Waals surface area (Å²) in [6.07, 6.45) is 2.83. The summed E-state index contributed by atoms with van der Waals surface area (Å²) in [5, 5.41) is 5.65. The average Bonchev–Trinajstić information content (AvgIpc) is 2.61. The normalized spacial score (nSPS) is 18.1. The maximum Gasteiger partial charge on any atom is 0.222 e. The summed E-state index contributed by atoms with van der Waals surface area (Å²) >= 11 is 0. The lowest BCUT2D eigenvalue weighted by atomic mass is 9.77. The van der Waals surface area contributed by atoms with E-state index < -0.39 is 0 Å². The fourth-order valence-electron chi connectivity index (χ4n) is 2.59. The van der Waals surface area contributed by atoms with E-state index in [-0.39, 0.29) is 38.5 Å². The molecule has 0 bridgehead atoms. The van der Waals surface area contributed by atoms with Gasteiger partial charge in [0, 0.05) is 40.6 Å². The Balaban J connectivity index is -0.00000163. The lowest BCUT2D eigenvalue weighted by molar-refractivity contribution is -0.129. The minimum absolute atomic E-state index is 0. The molecule has 0 aromatic carbocycles. The van der Waals surface area contributed by atoms with Gasteiger partial charge < -0.3 is 20.1 Å². The van der Waals surface area contributed by atoms with Crippen molar-refractivity contribution in [3.05, 3.63) is 0 Å². The molecule has 0 heterocycles. The van der Waals surface area contributed by atoms with Crippen molar-refractivity contribution in [2.24, 2.45) is 5.92 Å². The van der Waals surface area contributed by atoms with Gasteiger partial charge in [0.2, 0.25) is 11.8 Å².